The van der Waals surface area contributed by atoms with E-state index < -0.39 is 0 Å². The number of guanidine groups is 1. The maximum absolute atomic E-state index is 5.62. The maximum Gasteiger partial charge on any atom is 0.226 e. The van der Waals surface area contributed by atoms with Crippen LogP contribution >= 0.6 is 24.0 Å². The van der Waals surface area contributed by atoms with E-state index in [0.717, 1.165) is 53.7 Å². The topological polar surface area (TPSA) is 80.9 Å². The highest BCUT2D eigenvalue weighted by atomic mass is 127. The SMILES string of the molecule is CN=C(NCCc1ccc(OC)c(OC)c1)NCCc1coc(-c2ccc(C)cc2)n1.I. The molecule has 8 heteroatoms. The zero-order valence-corrected chi connectivity index (χ0v) is 21.3. The second kappa shape index (κ2) is 12.9. The molecule has 0 aliphatic carbocycles. The van der Waals surface area contributed by atoms with Crippen LogP contribution in [0.5, 0.6) is 11.5 Å². The largest absolute Gasteiger partial charge is 0.493 e. The fourth-order valence-electron chi connectivity index (χ4n) is 3.14. The molecule has 0 unspecified atom stereocenters. The van der Waals surface area contributed by atoms with Gasteiger partial charge in [-0.15, -0.1) is 24.0 Å². The van der Waals surface area contributed by atoms with E-state index >= 15 is 0 Å². The zero-order chi connectivity index (χ0) is 22.1. The van der Waals surface area contributed by atoms with Crippen molar-refractivity contribution in [3.63, 3.8) is 0 Å². The average Bonchev–Trinajstić information content (AvgIpc) is 3.27. The van der Waals surface area contributed by atoms with Gasteiger partial charge in [0.05, 0.1) is 19.9 Å². The van der Waals surface area contributed by atoms with Gasteiger partial charge < -0.3 is 24.5 Å². The predicted octanol–water partition coefficient (Wildman–Crippen LogP) is 4.24. The van der Waals surface area contributed by atoms with Crippen molar-refractivity contribution in [3.8, 4) is 23.0 Å². The molecule has 0 bridgehead atoms. The highest BCUT2D eigenvalue weighted by Crippen LogP contribution is 2.27. The van der Waals surface area contributed by atoms with Crippen molar-refractivity contribution in [2.45, 2.75) is 19.8 Å². The van der Waals surface area contributed by atoms with Crippen LogP contribution in [0.2, 0.25) is 0 Å². The summed E-state index contributed by atoms with van der Waals surface area (Å²) in [5.74, 6) is 2.87. The number of halogens is 1. The van der Waals surface area contributed by atoms with E-state index in [0.29, 0.717) is 12.4 Å². The first-order chi connectivity index (χ1) is 15.1. The molecule has 0 saturated carbocycles. The van der Waals surface area contributed by atoms with Crippen molar-refractivity contribution in [3.05, 3.63) is 65.5 Å². The Bertz CT molecular complexity index is 1000. The van der Waals surface area contributed by atoms with Crippen LogP contribution in [0.3, 0.4) is 0 Å². The standard InChI is InChI=1S/C24H30N4O3.HI/c1-17-5-8-19(9-6-17)23-28-20(16-31-23)12-14-27-24(25-2)26-13-11-18-7-10-21(29-3)22(15-18)30-4;/h5-10,15-16H,11-14H2,1-4H3,(H2,25,26,27);1H. The molecule has 32 heavy (non-hydrogen) atoms. The molecule has 2 aromatic carbocycles. The third-order valence-corrected chi connectivity index (χ3v) is 4.90. The van der Waals surface area contributed by atoms with Gasteiger partial charge in [-0.25, -0.2) is 4.98 Å². The monoisotopic (exact) mass is 550 g/mol. The molecular formula is C24H31IN4O3. The molecular weight excluding hydrogens is 519 g/mol. The molecule has 1 aromatic heterocycles. The predicted molar refractivity (Wildman–Crippen MR) is 138 cm³/mol. The summed E-state index contributed by atoms with van der Waals surface area (Å²) in [6.07, 6.45) is 3.29. The van der Waals surface area contributed by atoms with Crippen molar-refractivity contribution in [1.29, 1.82) is 0 Å². The molecule has 0 amide bonds. The molecule has 1 heterocycles. The Hall–Kier alpha value is -2.75. The Morgan fingerprint density at radius 1 is 0.969 bits per heavy atom. The lowest BCUT2D eigenvalue weighted by Gasteiger charge is -2.12. The number of aromatic nitrogens is 1. The van der Waals surface area contributed by atoms with Crippen molar-refractivity contribution in [2.75, 3.05) is 34.4 Å². The number of hydrogen-bond donors (Lipinski definition) is 2. The van der Waals surface area contributed by atoms with Crippen LogP contribution in [0.25, 0.3) is 11.5 Å². The summed E-state index contributed by atoms with van der Waals surface area (Å²) in [5.41, 5.74) is 4.26. The first kappa shape index (κ1) is 25.5. The van der Waals surface area contributed by atoms with E-state index in [2.05, 4.69) is 39.7 Å². The number of hydrogen-bond acceptors (Lipinski definition) is 5. The van der Waals surface area contributed by atoms with Gasteiger partial charge in [-0.2, -0.15) is 0 Å². The maximum atomic E-state index is 5.62. The Morgan fingerprint density at radius 2 is 1.66 bits per heavy atom. The van der Waals surface area contributed by atoms with E-state index in [4.69, 9.17) is 13.9 Å². The summed E-state index contributed by atoms with van der Waals surface area (Å²) in [6, 6.07) is 14.1. The van der Waals surface area contributed by atoms with Gasteiger partial charge >= 0.3 is 0 Å². The quantitative estimate of drug-likeness (QED) is 0.236. The van der Waals surface area contributed by atoms with Gasteiger partial charge in [-0.3, -0.25) is 4.99 Å². The number of nitrogens with one attached hydrogen (secondary N) is 2. The minimum atomic E-state index is 0. The van der Waals surface area contributed by atoms with E-state index in [1.54, 1.807) is 27.5 Å². The van der Waals surface area contributed by atoms with Crippen molar-refractivity contribution in [2.24, 2.45) is 4.99 Å². The molecule has 2 N–H and O–H groups in total. The number of benzene rings is 2. The molecule has 0 fully saturated rings. The van der Waals surface area contributed by atoms with E-state index in [9.17, 15) is 0 Å². The Kier molecular flexibility index (Phi) is 10.3. The number of methoxy groups -OCH3 is 2. The number of oxazole rings is 1. The van der Waals surface area contributed by atoms with Gasteiger partial charge in [0.1, 0.15) is 6.26 Å². The second-order valence-electron chi connectivity index (χ2n) is 7.13. The summed E-state index contributed by atoms with van der Waals surface area (Å²) in [5, 5.41) is 6.64. The van der Waals surface area contributed by atoms with Gasteiger partial charge in [0.2, 0.25) is 5.89 Å². The van der Waals surface area contributed by atoms with Crippen molar-refractivity contribution < 1.29 is 13.9 Å². The van der Waals surface area contributed by atoms with Crippen LogP contribution < -0.4 is 20.1 Å². The minimum Gasteiger partial charge on any atom is -0.493 e. The highest BCUT2D eigenvalue weighted by Gasteiger charge is 2.08. The van der Waals surface area contributed by atoms with Crippen LogP contribution in [0.1, 0.15) is 16.8 Å². The fourth-order valence-corrected chi connectivity index (χ4v) is 3.14. The Balaban J connectivity index is 0.00000363. The molecule has 0 atom stereocenters. The van der Waals surface area contributed by atoms with Crippen LogP contribution in [-0.4, -0.2) is 45.3 Å². The molecule has 0 aliphatic heterocycles. The minimum absolute atomic E-state index is 0. The molecule has 172 valence electrons. The number of nitrogens with zero attached hydrogens (tertiary/aromatic N) is 2. The zero-order valence-electron chi connectivity index (χ0n) is 19.0. The number of rotatable bonds is 9. The summed E-state index contributed by atoms with van der Waals surface area (Å²) in [7, 11) is 5.04. The van der Waals surface area contributed by atoms with E-state index in [1.165, 1.54) is 5.56 Å². The van der Waals surface area contributed by atoms with E-state index in [1.807, 2.05) is 30.3 Å². The molecule has 0 saturated heterocycles. The molecule has 3 aromatic rings. The average molecular weight is 550 g/mol. The third kappa shape index (κ3) is 7.15. The van der Waals surface area contributed by atoms with Crippen LogP contribution in [0.15, 0.2) is 58.1 Å². The number of aliphatic imine (C=N–C) groups is 1. The summed E-state index contributed by atoms with van der Waals surface area (Å²) >= 11 is 0. The van der Waals surface area contributed by atoms with E-state index in [-0.39, 0.29) is 24.0 Å². The number of aryl methyl sites for hydroxylation is 1. The van der Waals surface area contributed by atoms with Crippen LogP contribution in [0.4, 0.5) is 0 Å². The third-order valence-electron chi connectivity index (χ3n) is 4.90. The normalized spacial score (nSPS) is 10.9. The first-order valence-electron chi connectivity index (χ1n) is 10.3. The molecule has 0 aliphatic rings. The smallest absolute Gasteiger partial charge is 0.226 e. The van der Waals surface area contributed by atoms with Crippen LogP contribution in [-0.2, 0) is 12.8 Å². The van der Waals surface area contributed by atoms with Gasteiger partial charge in [-0.1, -0.05) is 23.8 Å². The lowest BCUT2D eigenvalue weighted by molar-refractivity contribution is 0.354. The van der Waals surface area contributed by atoms with Gasteiger partial charge in [0.25, 0.3) is 0 Å². The van der Waals surface area contributed by atoms with Gasteiger partial charge in [-0.05, 0) is 43.2 Å². The lowest BCUT2D eigenvalue weighted by Crippen LogP contribution is -2.39. The molecule has 0 radical (unpaired) electrons. The van der Waals surface area contributed by atoms with Crippen molar-refractivity contribution in [1.82, 2.24) is 15.6 Å². The Morgan fingerprint density at radius 3 is 2.31 bits per heavy atom. The van der Waals surface area contributed by atoms with Crippen LogP contribution in [0, 0.1) is 6.92 Å². The van der Waals surface area contributed by atoms with Crippen molar-refractivity contribution >= 4 is 29.9 Å². The molecule has 3 rings (SSSR count). The highest BCUT2D eigenvalue weighted by molar-refractivity contribution is 14.0. The summed E-state index contributed by atoms with van der Waals surface area (Å²) in [4.78, 5) is 8.85. The molecule has 7 nitrogen and oxygen atoms in total. The number of ether oxygens (including phenoxy) is 2. The van der Waals surface area contributed by atoms with Gasteiger partial charge in [0.15, 0.2) is 17.5 Å². The lowest BCUT2D eigenvalue weighted by atomic mass is 10.1. The fraction of sp³-hybridized carbons (Fsp3) is 0.333. The second-order valence-corrected chi connectivity index (χ2v) is 7.13. The summed E-state index contributed by atoms with van der Waals surface area (Å²) < 4.78 is 16.3. The summed E-state index contributed by atoms with van der Waals surface area (Å²) in [6.45, 7) is 3.51. The van der Waals surface area contributed by atoms with Gasteiger partial charge in [0, 0.05) is 32.1 Å². The Labute approximate surface area is 206 Å². The molecule has 0 spiro atoms. The first-order valence-corrected chi connectivity index (χ1v) is 10.3.